The standard InChI is InChI=1S/C21H37N9O10/c1-25-18(38)11(4-5-15(33)34)29-20(40)13(9-31)30-19(39)12(7-16(35)36)28-14(32)8-27-17(37)10(22)3-2-6-26-21(23)24/h10-13,31H,2-9,22H2,1H3,(H,25,38)(H,27,37)(H,28,32)(H,29,40)(H,30,39)(H,33,34)(H,35,36)(H4,23,24,26)/t10-,11-,12-,13-/m0/s1. The molecule has 226 valence electrons. The third kappa shape index (κ3) is 15.0. The van der Waals surface area contributed by atoms with Crippen molar-refractivity contribution < 1.29 is 48.9 Å². The predicted molar refractivity (Wildman–Crippen MR) is 136 cm³/mol. The number of hydrogen-bond acceptors (Lipinski definition) is 10. The second-order valence-electron chi connectivity index (χ2n) is 8.38. The van der Waals surface area contributed by atoms with Crippen LogP contribution in [0.4, 0.5) is 0 Å². The summed E-state index contributed by atoms with van der Waals surface area (Å²) in [7, 11) is 1.25. The minimum Gasteiger partial charge on any atom is -0.481 e. The van der Waals surface area contributed by atoms with Gasteiger partial charge in [0.25, 0.3) is 0 Å². The lowest BCUT2D eigenvalue weighted by Crippen LogP contribution is -2.58. The zero-order valence-electron chi connectivity index (χ0n) is 21.8. The van der Waals surface area contributed by atoms with Crippen molar-refractivity contribution in [3.05, 3.63) is 0 Å². The summed E-state index contributed by atoms with van der Waals surface area (Å²) in [5, 5.41) is 47.9. The number of carbonyl (C=O) groups excluding carboxylic acids is 5. The maximum absolute atomic E-state index is 12.6. The monoisotopic (exact) mass is 575 g/mol. The molecular weight excluding hydrogens is 538 g/mol. The molecule has 0 saturated heterocycles. The average molecular weight is 576 g/mol. The van der Waals surface area contributed by atoms with Crippen LogP contribution in [-0.4, -0.2) is 114 Å². The molecule has 0 spiro atoms. The van der Waals surface area contributed by atoms with Crippen LogP contribution >= 0.6 is 0 Å². The number of guanidine groups is 1. The average Bonchev–Trinajstić information content (AvgIpc) is 2.88. The molecule has 5 amide bonds. The van der Waals surface area contributed by atoms with Crippen LogP contribution < -0.4 is 43.4 Å². The van der Waals surface area contributed by atoms with Gasteiger partial charge >= 0.3 is 11.9 Å². The Bertz CT molecular complexity index is 946. The van der Waals surface area contributed by atoms with E-state index >= 15 is 0 Å². The van der Waals surface area contributed by atoms with Crippen LogP contribution in [-0.2, 0) is 33.6 Å². The first-order chi connectivity index (χ1) is 18.7. The predicted octanol–water partition coefficient (Wildman–Crippen LogP) is -5.77. The topological polar surface area (TPSA) is 328 Å². The van der Waals surface area contributed by atoms with Gasteiger partial charge in [0.1, 0.15) is 18.1 Å². The Morgan fingerprint density at radius 1 is 0.800 bits per heavy atom. The summed E-state index contributed by atoms with van der Waals surface area (Å²) in [5.41, 5.74) is 10.8. The molecule has 0 bridgehead atoms. The normalized spacial score (nSPS) is 13.4. The molecule has 0 aromatic rings. The highest BCUT2D eigenvalue weighted by atomic mass is 16.4. The van der Waals surface area contributed by atoms with Gasteiger partial charge in [-0.1, -0.05) is 0 Å². The minimum atomic E-state index is -1.73. The number of carboxylic acid groups (broad SMARTS) is 2. The van der Waals surface area contributed by atoms with E-state index in [9.17, 15) is 38.7 Å². The lowest BCUT2D eigenvalue weighted by atomic mass is 10.1. The molecule has 0 unspecified atom stereocenters. The van der Waals surface area contributed by atoms with E-state index in [-0.39, 0.29) is 18.8 Å². The molecule has 0 aliphatic carbocycles. The third-order valence-corrected chi connectivity index (χ3v) is 5.14. The number of rotatable bonds is 19. The smallest absolute Gasteiger partial charge is 0.305 e. The maximum atomic E-state index is 12.6. The molecule has 0 fully saturated rings. The molecule has 0 aromatic carbocycles. The van der Waals surface area contributed by atoms with Crippen molar-refractivity contribution in [2.24, 2.45) is 11.5 Å². The van der Waals surface area contributed by atoms with Crippen molar-refractivity contribution in [1.29, 1.82) is 5.41 Å². The summed E-state index contributed by atoms with van der Waals surface area (Å²) in [6, 6.07) is -5.73. The van der Waals surface area contributed by atoms with Crippen LogP contribution in [0.5, 0.6) is 0 Å². The number of carboxylic acids is 2. The number of aliphatic hydroxyl groups excluding tert-OH is 1. The largest absolute Gasteiger partial charge is 0.481 e. The van der Waals surface area contributed by atoms with Gasteiger partial charge in [-0.2, -0.15) is 0 Å². The Morgan fingerprint density at radius 3 is 1.93 bits per heavy atom. The molecule has 14 N–H and O–H groups in total. The van der Waals surface area contributed by atoms with Crippen molar-refractivity contribution in [3.8, 4) is 0 Å². The molecular formula is C21H37N9O10. The Balaban J connectivity index is 5.11. The van der Waals surface area contributed by atoms with Gasteiger partial charge in [-0.15, -0.1) is 0 Å². The highest BCUT2D eigenvalue weighted by Gasteiger charge is 2.30. The summed E-state index contributed by atoms with van der Waals surface area (Å²) < 4.78 is 0. The fraction of sp³-hybridized carbons (Fsp3) is 0.619. The second-order valence-corrected chi connectivity index (χ2v) is 8.38. The number of nitrogens with two attached hydrogens (primary N) is 2. The molecule has 0 aliphatic rings. The molecule has 0 saturated carbocycles. The second kappa shape index (κ2) is 18.7. The molecule has 0 heterocycles. The van der Waals surface area contributed by atoms with E-state index in [2.05, 4.69) is 31.9 Å². The van der Waals surface area contributed by atoms with Crippen molar-refractivity contribution >= 4 is 47.4 Å². The van der Waals surface area contributed by atoms with Crippen LogP contribution in [0.15, 0.2) is 0 Å². The first-order valence-electron chi connectivity index (χ1n) is 12.0. The molecule has 0 radical (unpaired) electrons. The van der Waals surface area contributed by atoms with E-state index in [4.69, 9.17) is 27.1 Å². The van der Waals surface area contributed by atoms with Crippen molar-refractivity contribution in [2.45, 2.75) is 56.3 Å². The third-order valence-electron chi connectivity index (χ3n) is 5.14. The van der Waals surface area contributed by atoms with Gasteiger partial charge in [-0.25, -0.2) is 0 Å². The Morgan fingerprint density at radius 2 is 1.40 bits per heavy atom. The fourth-order valence-corrected chi connectivity index (χ4v) is 3.05. The Hall–Kier alpha value is -4.52. The molecule has 19 heteroatoms. The first-order valence-corrected chi connectivity index (χ1v) is 12.0. The number of carbonyl (C=O) groups is 7. The van der Waals surface area contributed by atoms with E-state index < -0.39 is 91.6 Å². The van der Waals surface area contributed by atoms with Gasteiger partial charge in [0.05, 0.1) is 25.6 Å². The number of aliphatic hydroxyl groups is 1. The van der Waals surface area contributed by atoms with Crippen LogP contribution in [0.25, 0.3) is 0 Å². The lowest BCUT2D eigenvalue weighted by Gasteiger charge is -2.23. The Kier molecular flexibility index (Phi) is 16.6. The summed E-state index contributed by atoms with van der Waals surface area (Å²) in [6.45, 7) is -1.35. The fourth-order valence-electron chi connectivity index (χ4n) is 3.05. The van der Waals surface area contributed by atoms with Crippen LogP contribution in [0, 0.1) is 5.41 Å². The zero-order valence-corrected chi connectivity index (χ0v) is 21.8. The summed E-state index contributed by atoms with van der Waals surface area (Å²) in [4.78, 5) is 83.5. The van der Waals surface area contributed by atoms with Gasteiger partial charge in [-0.3, -0.25) is 39.0 Å². The van der Waals surface area contributed by atoms with Crippen LogP contribution in [0.2, 0.25) is 0 Å². The number of aliphatic carboxylic acids is 2. The summed E-state index contributed by atoms with van der Waals surface area (Å²) in [6.07, 6.45) is -1.11. The maximum Gasteiger partial charge on any atom is 0.305 e. The van der Waals surface area contributed by atoms with Gasteiger partial charge < -0.3 is 58.7 Å². The van der Waals surface area contributed by atoms with Crippen molar-refractivity contribution in [2.75, 3.05) is 26.7 Å². The molecule has 0 rings (SSSR count). The molecule has 19 nitrogen and oxygen atoms in total. The number of amides is 5. The summed E-state index contributed by atoms with van der Waals surface area (Å²) >= 11 is 0. The van der Waals surface area contributed by atoms with E-state index in [1.165, 1.54) is 7.05 Å². The van der Waals surface area contributed by atoms with Crippen LogP contribution in [0.1, 0.15) is 32.1 Å². The van der Waals surface area contributed by atoms with E-state index in [0.29, 0.717) is 13.0 Å². The molecule has 0 aromatic heterocycles. The van der Waals surface area contributed by atoms with E-state index in [1.807, 2.05) is 0 Å². The number of hydrogen-bond donors (Lipinski definition) is 12. The SMILES string of the molecule is CNC(=O)[C@H](CCC(=O)O)NC(=O)[C@H](CO)NC(=O)[C@H](CC(=O)O)NC(=O)CNC(=O)[C@@H](N)CCCNC(=N)N. The van der Waals surface area contributed by atoms with Gasteiger partial charge in [-0.05, 0) is 19.3 Å². The highest BCUT2D eigenvalue weighted by Crippen LogP contribution is 2.01. The molecule has 4 atom stereocenters. The summed E-state index contributed by atoms with van der Waals surface area (Å²) in [5.74, 6) is -7.62. The van der Waals surface area contributed by atoms with Crippen molar-refractivity contribution in [3.63, 3.8) is 0 Å². The van der Waals surface area contributed by atoms with E-state index in [0.717, 1.165) is 0 Å². The number of likely N-dealkylation sites (N-methyl/N-ethyl adjacent to an activating group) is 1. The van der Waals surface area contributed by atoms with E-state index in [1.54, 1.807) is 0 Å². The molecule has 0 aliphatic heterocycles. The number of nitrogens with one attached hydrogen (secondary N) is 7. The minimum absolute atomic E-state index is 0.194. The zero-order chi connectivity index (χ0) is 30.8. The van der Waals surface area contributed by atoms with Crippen molar-refractivity contribution in [1.82, 2.24) is 31.9 Å². The highest BCUT2D eigenvalue weighted by molar-refractivity contribution is 5.96. The molecule has 40 heavy (non-hydrogen) atoms. The van der Waals surface area contributed by atoms with Gasteiger partial charge in [0.15, 0.2) is 5.96 Å². The first kappa shape index (κ1) is 35.5. The van der Waals surface area contributed by atoms with Gasteiger partial charge in [0, 0.05) is 20.0 Å². The van der Waals surface area contributed by atoms with Gasteiger partial charge in [0.2, 0.25) is 29.5 Å². The Labute approximate surface area is 228 Å². The quantitative estimate of drug-likeness (QED) is 0.0388. The van der Waals surface area contributed by atoms with Crippen LogP contribution in [0.3, 0.4) is 0 Å². The lowest BCUT2D eigenvalue weighted by molar-refractivity contribution is -0.141.